The predicted molar refractivity (Wildman–Crippen MR) is 118 cm³/mol. The van der Waals surface area contributed by atoms with E-state index < -0.39 is 0 Å². The third-order valence-corrected chi connectivity index (χ3v) is 4.11. The first-order valence-electron chi connectivity index (χ1n) is 9.38. The minimum absolute atomic E-state index is 0. The van der Waals surface area contributed by atoms with Crippen molar-refractivity contribution in [1.82, 2.24) is 0 Å². The van der Waals surface area contributed by atoms with Crippen molar-refractivity contribution >= 4 is 21.8 Å². The van der Waals surface area contributed by atoms with Gasteiger partial charge in [-0.1, -0.05) is 63.1 Å². The zero-order valence-electron chi connectivity index (χ0n) is 17.8. The quantitative estimate of drug-likeness (QED) is 0.335. The van der Waals surface area contributed by atoms with E-state index in [0.29, 0.717) is 5.92 Å². The van der Waals surface area contributed by atoms with Crippen LogP contribution in [0.2, 0.25) is 13.1 Å². The van der Waals surface area contributed by atoms with Crippen LogP contribution >= 0.6 is 0 Å². The topological polar surface area (TPSA) is 0 Å². The van der Waals surface area contributed by atoms with E-state index >= 15 is 0 Å². The van der Waals surface area contributed by atoms with E-state index in [1.807, 2.05) is 6.07 Å². The first kappa shape index (κ1) is 28.2. The van der Waals surface area contributed by atoms with Crippen LogP contribution in [0.15, 0.2) is 78.4 Å². The van der Waals surface area contributed by atoms with Gasteiger partial charge in [-0.05, 0) is 0 Å². The Morgan fingerprint density at radius 1 is 0.931 bits per heavy atom. The zero-order chi connectivity index (χ0) is 19.8. The van der Waals surface area contributed by atoms with Crippen molar-refractivity contribution in [3.05, 3.63) is 95.6 Å². The van der Waals surface area contributed by atoms with Gasteiger partial charge in [0.15, 0.2) is 0 Å². The molecule has 1 unspecified atom stereocenters. The monoisotopic (exact) mass is 516 g/mol. The fourth-order valence-electron chi connectivity index (χ4n) is 3.07. The molecule has 0 N–H and O–H groups in total. The van der Waals surface area contributed by atoms with E-state index in [2.05, 4.69) is 107 Å². The Hall–Kier alpha value is -0.790. The van der Waals surface area contributed by atoms with Crippen LogP contribution in [0.3, 0.4) is 0 Å². The Morgan fingerprint density at radius 2 is 1.48 bits per heavy atom. The molecule has 152 valence electrons. The number of hydrogen-bond donors (Lipinski definition) is 0. The van der Waals surface area contributed by atoms with E-state index in [9.17, 15) is 0 Å². The van der Waals surface area contributed by atoms with Gasteiger partial charge in [0.25, 0.3) is 0 Å². The third-order valence-electron chi connectivity index (χ3n) is 4.11. The summed E-state index contributed by atoms with van der Waals surface area (Å²) in [6, 6.07) is 23.3. The van der Waals surface area contributed by atoms with E-state index in [4.69, 9.17) is 0 Å². The molecule has 0 aliphatic heterocycles. The maximum Gasteiger partial charge on any atom is -0.0579 e. The molecular formula is C25H28Cl2SiZr-2. The molecule has 1 atom stereocenters. The second-order valence-electron chi connectivity index (χ2n) is 7.17. The number of benzene rings is 2. The molecule has 4 heteroatoms. The molecule has 0 radical (unpaired) electrons. The SMILES string of the molecule is CC1=[C-]C(C)C=C1c1ccccc1.C[Si](C)=[Zr+2].Cc1cc2ccccc2[cH-]1.[Cl-].[Cl-]. The fourth-order valence-corrected chi connectivity index (χ4v) is 3.07. The van der Waals surface area contributed by atoms with E-state index in [1.54, 1.807) is 23.3 Å². The number of allylic oxidation sites excluding steroid dienone is 4. The first-order valence-corrected chi connectivity index (χ1v) is 15.6. The molecule has 1 aliphatic rings. The zero-order valence-corrected chi connectivity index (χ0v) is 22.7. The summed E-state index contributed by atoms with van der Waals surface area (Å²) in [7, 11) is 0. The van der Waals surface area contributed by atoms with Crippen LogP contribution in [0.25, 0.3) is 16.3 Å². The summed E-state index contributed by atoms with van der Waals surface area (Å²) in [6.07, 6.45) is 5.66. The standard InChI is InChI=1S/C13H13.C10H9.C2H6Si.2ClH.Zr/c1-10-8-11(2)13(9-10)12-6-4-3-5-7-12;1-8-6-9-4-2-3-5-10(9)7-8;1-3-2;;;/h3-7,9-10H,1-2H3;2-7H,1H3;1-2H3;2*1H;/q2*-1;;;;+2/p-2. The third kappa shape index (κ3) is 9.71. The molecule has 0 spiro atoms. The van der Waals surface area contributed by atoms with Gasteiger partial charge >= 0.3 is 41.9 Å². The minimum Gasteiger partial charge on any atom is -1.00 e. The molecule has 29 heavy (non-hydrogen) atoms. The summed E-state index contributed by atoms with van der Waals surface area (Å²) in [5.74, 6) is 0.468. The van der Waals surface area contributed by atoms with Crippen molar-refractivity contribution in [3.8, 4) is 0 Å². The van der Waals surface area contributed by atoms with E-state index in [0.717, 1.165) is 0 Å². The van der Waals surface area contributed by atoms with Crippen LogP contribution in [0.5, 0.6) is 0 Å². The molecular weight excluding hydrogens is 490 g/mol. The fraction of sp³-hybridized carbons (Fsp3) is 0.240. The van der Waals surface area contributed by atoms with Crippen molar-refractivity contribution in [2.75, 3.05) is 0 Å². The van der Waals surface area contributed by atoms with Gasteiger partial charge in [-0.2, -0.15) is 17.7 Å². The summed E-state index contributed by atoms with van der Waals surface area (Å²) < 4.78 is 0. The molecule has 0 saturated heterocycles. The minimum atomic E-state index is 0. The summed E-state index contributed by atoms with van der Waals surface area (Å²) in [5, 5.41) is 2.69. The summed E-state index contributed by atoms with van der Waals surface area (Å²) in [5.41, 5.74) is 5.48. The van der Waals surface area contributed by atoms with Gasteiger partial charge in [0.1, 0.15) is 0 Å². The van der Waals surface area contributed by atoms with Crippen LogP contribution in [0, 0.1) is 18.9 Å². The van der Waals surface area contributed by atoms with Crippen LogP contribution in [0.1, 0.15) is 25.0 Å². The van der Waals surface area contributed by atoms with Crippen molar-refractivity contribution in [1.29, 1.82) is 0 Å². The number of fused-ring (bicyclic) bond motifs is 1. The Bertz CT molecular complexity index is 918. The second kappa shape index (κ2) is 14.3. The molecule has 0 heterocycles. The maximum absolute atomic E-state index is 3.39. The van der Waals surface area contributed by atoms with Gasteiger partial charge in [-0.3, -0.25) is 6.08 Å². The second-order valence-corrected chi connectivity index (χ2v) is 16.5. The summed E-state index contributed by atoms with van der Waals surface area (Å²) >= 11 is 1.74. The summed E-state index contributed by atoms with van der Waals surface area (Å²) in [6.45, 7) is 11.0. The van der Waals surface area contributed by atoms with Crippen LogP contribution in [-0.2, 0) is 23.3 Å². The van der Waals surface area contributed by atoms with E-state index in [-0.39, 0.29) is 30.2 Å². The normalized spacial score (nSPS) is 14.1. The van der Waals surface area contributed by atoms with Gasteiger partial charge < -0.3 is 24.8 Å². The number of aryl methyl sites for hydroxylation is 1. The van der Waals surface area contributed by atoms with Gasteiger partial charge in [0.05, 0.1) is 0 Å². The molecule has 0 aromatic heterocycles. The maximum atomic E-state index is 3.39. The Morgan fingerprint density at radius 3 is 2.00 bits per heavy atom. The van der Waals surface area contributed by atoms with Crippen LogP contribution < -0.4 is 24.8 Å². The molecule has 0 bridgehead atoms. The molecule has 1 aliphatic carbocycles. The Kier molecular flexibility index (Phi) is 13.9. The van der Waals surface area contributed by atoms with E-state index in [1.165, 1.54) is 33.0 Å². The van der Waals surface area contributed by atoms with Gasteiger partial charge in [0.2, 0.25) is 0 Å². The molecule has 0 saturated carbocycles. The smallest absolute Gasteiger partial charge is 0.0579 e. The number of halogens is 2. The molecule has 0 nitrogen and oxygen atoms in total. The number of rotatable bonds is 1. The van der Waals surface area contributed by atoms with Crippen molar-refractivity contribution in [2.45, 2.75) is 33.9 Å². The van der Waals surface area contributed by atoms with Gasteiger partial charge in [-0.25, -0.2) is 5.57 Å². The van der Waals surface area contributed by atoms with Crippen molar-refractivity contribution in [3.63, 3.8) is 0 Å². The average Bonchev–Trinajstić information content (AvgIpc) is 3.16. The first-order chi connectivity index (χ1) is 12.9. The van der Waals surface area contributed by atoms with Gasteiger partial charge in [-0.15, -0.1) is 46.2 Å². The molecule has 3 aromatic carbocycles. The van der Waals surface area contributed by atoms with Crippen molar-refractivity contribution in [2.24, 2.45) is 5.92 Å². The Labute approximate surface area is 204 Å². The van der Waals surface area contributed by atoms with Crippen LogP contribution in [0.4, 0.5) is 0 Å². The largest absolute Gasteiger partial charge is 1.00 e. The van der Waals surface area contributed by atoms with Gasteiger partial charge in [0, 0.05) is 0 Å². The predicted octanol–water partition coefficient (Wildman–Crippen LogP) is 1.13. The molecule has 0 fully saturated rings. The van der Waals surface area contributed by atoms with Crippen molar-refractivity contribution < 1.29 is 48.1 Å². The molecule has 0 amide bonds. The average molecular weight is 519 g/mol. The number of hydrogen-bond acceptors (Lipinski definition) is 0. The van der Waals surface area contributed by atoms with Crippen LogP contribution in [-0.4, -0.2) is 5.43 Å². The molecule has 4 rings (SSSR count). The molecule has 3 aromatic rings. The summed E-state index contributed by atoms with van der Waals surface area (Å²) in [4.78, 5) is 0. The Balaban J connectivity index is 0.000000441.